The molecule has 1 N–H and O–H groups in total. The van der Waals surface area contributed by atoms with E-state index < -0.39 is 41.0 Å². The van der Waals surface area contributed by atoms with Gasteiger partial charge in [-0.15, -0.1) is 0 Å². The Labute approximate surface area is 200 Å². The van der Waals surface area contributed by atoms with Crippen LogP contribution in [0.5, 0.6) is 0 Å². The third-order valence-electron chi connectivity index (χ3n) is 6.34. The van der Waals surface area contributed by atoms with E-state index in [2.05, 4.69) is 0 Å². The minimum absolute atomic E-state index is 0.00851. The highest BCUT2D eigenvalue weighted by molar-refractivity contribution is 5.95. The van der Waals surface area contributed by atoms with Crippen LogP contribution in [-0.2, 0) is 18.8 Å². The molecule has 1 saturated heterocycles. The summed E-state index contributed by atoms with van der Waals surface area (Å²) in [5.74, 6) is -0.864. The Morgan fingerprint density at radius 3 is 2.11 bits per heavy atom. The smallest absolute Gasteiger partial charge is 0.396 e. The maximum atomic E-state index is 13.3. The average molecular weight is 502 g/mol. The van der Waals surface area contributed by atoms with Gasteiger partial charge in [0.25, 0.3) is 5.91 Å². The summed E-state index contributed by atoms with van der Waals surface area (Å²) in [6, 6.07) is 6.36. The van der Waals surface area contributed by atoms with Crippen molar-refractivity contribution in [3.63, 3.8) is 0 Å². The molecular weight excluding hydrogens is 474 g/mol. The molecule has 0 radical (unpaired) electrons. The van der Waals surface area contributed by atoms with E-state index in [1.54, 1.807) is 0 Å². The molecule has 1 fully saturated rings. The number of alkyl halides is 6. The number of nitrogens with zero attached hydrogens (tertiary/aromatic N) is 2. The minimum Gasteiger partial charge on any atom is -0.396 e. The van der Waals surface area contributed by atoms with E-state index in [9.17, 15) is 31.1 Å². The first-order valence-electron chi connectivity index (χ1n) is 11.3. The first-order valence-corrected chi connectivity index (χ1v) is 11.3. The molecule has 10 heteroatoms. The molecule has 192 valence electrons. The SMILES string of the molecule is Cc1ccc(C[C@@H]2CN(CCCO)CCN2C(=O)c2cc(C(F)(F)F)cc(C(F)(F)F)c2)cc1C. The standard InChI is InChI=1S/C25H28F6N2O2/c1-16-4-5-18(10-17(16)2)11-22-15-32(6-3-9-34)7-8-33(22)23(35)19-12-20(24(26,27)28)14-21(13-19)25(29,30)31/h4-5,10,12-14,22,34H,3,6-9,11,15H2,1-2H3/t22-/m1/s1. The summed E-state index contributed by atoms with van der Waals surface area (Å²) in [5.41, 5.74) is -0.619. The topological polar surface area (TPSA) is 43.8 Å². The van der Waals surface area contributed by atoms with Crippen molar-refractivity contribution in [1.29, 1.82) is 0 Å². The summed E-state index contributed by atoms with van der Waals surface area (Å²) in [4.78, 5) is 16.7. The fraction of sp³-hybridized carbons (Fsp3) is 0.480. The van der Waals surface area contributed by atoms with E-state index in [1.807, 2.05) is 36.9 Å². The molecule has 0 aromatic heterocycles. The predicted molar refractivity (Wildman–Crippen MR) is 119 cm³/mol. The van der Waals surface area contributed by atoms with Crippen LogP contribution < -0.4 is 0 Å². The molecular formula is C25H28F6N2O2. The van der Waals surface area contributed by atoms with Gasteiger partial charge in [0.2, 0.25) is 0 Å². The maximum absolute atomic E-state index is 13.3. The third kappa shape index (κ3) is 6.76. The molecule has 35 heavy (non-hydrogen) atoms. The van der Waals surface area contributed by atoms with Crippen LogP contribution in [0.2, 0.25) is 0 Å². The van der Waals surface area contributed by atoms with E-state index in [1.165, 1.54) is 4.90 Å². The molecule has 1 aliphatic heterocycles. The summed E-state index contributed by atoms with van der Waals surface area (Å²) in [7, 11) is 0. The molecule has 0 saturated carbocycles. The van der Waals surface area contributed by atoms with Crippen molar-refractivity contribution >= 4 is 5.91 Å². The number of halogens is 6. The van der Waals surface area contributed by atoms with Gasteiger partial charge < -0.3 is 10.0 Å². The van der Waals surface area contributed by atoms with E-state index in [4.69, 9.17) is 5.11 Å². The van der Waals surface area contributed by atoms with E-state index in [0.717, 1.165) is 16.7 Å². The van der Waals surface area contributed by atoms with Gasteiger partial charge in [0.05, 0.1) is 11.1 Å². The zero-order chi connectivity index (χ0) is 26.0. The molecule has 2 aromatic rings. The lowest BCUT2D eigenvalue weighted by atomic mass is 9.97. The van der Waals surface area contributed by atoms with E-state index in [-0.39, 0.29) is 19.2 Å². The van der Waals surface area contributed by atoms with Gasteiger partial charge in [-0.05, 0) is 61.6 Å². The Kier molecular flexibility index (Phi) is 8.16. The third-order valence-corrected chi connectivity index (χ3v) is 6.34. The van der Waals surface area contributed by atoms with E-state index >= 15 is 0 Å². The largest absolute Gasteiger partial charge is 0.416 e. The molecule has 3 rings (SSSR count). The molecule has 4 nitrogen and oxygen atoms in total. The number of hydrogen-bond acceptors (Lipinski definition) is 3. The van der Waals surface area contributed by atoms with Gasteiger partial charge in [-0.3, -0.25) is 9.69 Å². The Balaban J connectivity index is 1.96. The first kappa shape index (κ1) is 27.0. The number of amides is 1. The lowest BCUT2D eigenvalue weighted by Crippen LogP contribution is -2.56. The highest BCUT2D eigenvalue weighted by Gasteiger charge is 2.39. The Morgan fingerprint density at radius 1 is 0.943 bits per heavy atom. The van der Waals surface area contributed by atoms with Gasteiger partial charge in [-0.2, -0.15) is 26.3 Å². The van der Waals surface area contributed by atoms with Crippen molar-refractivity contribution < 1.29 is 36.2 Å². The number of piperazine rings is 1. The lowest BCUT2D eigenvalue weighted by molar-refractivity contribution is -0.143. The molecule has 2 aromatic carbocycles. The summed E-state index contributed by atoms with van der Waals surface area (Å²) in [5, 5.41) is 9.15. The fourth-order valence-corrected chi connectivity index (χ4v) is 4.31. The Hall–Kier alpha value is -2.59. The quantitative estimate of drug-likeness (QED) is 0.560. The van der Waals surface area contributed by atoms with Crippen LogP contribution in [0.4, 0.5) is 26.3 Å². The van der Waals surface area contributed by atoms with Gasteiger partial charge in [0.15, 0.2) is 0 Å². The number of aryl methyl sites for hydroxylation is 2. The number of benzene rings is 2. The van der Waals surface area contributed by atoms with Crippen molar-refractivity contribution in [2.24, 2.45) is 0 Å². The number of hydrogen-bond donors (Lipinski definition) is 1. The summed E-state index contributed by atoms with van der Waals surface area (Å²) in [6.45, 7) is 5.41. The van der Waals surface area contributed by atoms with Crippen LogP contribution >= 0.6 is 0 Å². The number of carbonyl (C=O) groups is 1. The van der Waals surface area contributed by atoms with Crippen LogP contribution in [0.3, 0.4) is 0 Å². The zero-order valence-electron chi connectivity index (χ0n) is 19.5. The number of rotatable bonds is 6. The Morgan fingerprint density at radius 2 is 1.57 bits per heavy atom. The second-order valence-electron chi connectivity index (χ2n) is 8.95. The molecule has 0 unspecified atom stereocenters. The van der Waals surface area contributed by atoms with Crippen molar-refractivity contribution in [3.8, 4) is 0 Å². The second-order valence-corrected chi connectivity index (χ2v) is 8.95. The molecule has 1 aliphatic rings. The van der Waals surface area contributed by atoms with Gasteiger partial charge in [0.1, 0.15) is 0 Å². The summed E-state index contributed by atoms with van der Waals surface area (Å²) >= 11 is 0. The van der Waals surface area contributed by atoms with Crippen LogP contribution in [-0.4, -0.2) is 59.6 Å². The van der Waals surface area contributed by atoms with Crippen LogP contribution in [0.1, 0.15) is 44.6 Å². The van der Waals surface area contributed by atoms with Crippen LogP contribution in [0.25, 0.3) is 0 Å². The average Bonchev–Trinajstić information content (AvgIpc) is 2.78. The molecule has 0 spiro atoms. The number of aliphatic hydroxyl groups excluding tert-OH is 1. The first-order chi connectivity index (χ1) is 16.3. The van der Waals surface area contributed by atoms with Crippen molar-refractivity contribution in [2.75, 3.05) is 32.8 Å². The van der Waals surface area contributed by atoms with Gasteiger partial charge in [-0.25, -0.2) is 0 Å². The van der Waals surface area contributed by atoms with Gasteiger partial charge in [-0.1, -0.05) is 18.2 Å². The number of aliphatic hydroxyl groups is 1. The normalized spacial score (nSPS) is 17.6. The number of carbonyl (C=O) groups excluding carboxylic acids is 1. The lowest BCUT2D eigenvalue weighted by Gasteiger charge is -2.42. The van der Waals surface area contributed by atoms with Crippen LogP contribution in [0.15, 0.2) is 36.4 Å². The van der Waals surface area contributed by atoms with Crippen molar-refractivity contribution in [1.82, 2.24) is 9.80 Å². The molecule has 0 aliphatic carbocycles. The molecule has 0 bridgehead atoms. The van der Waals surface area contributed by atoms with E-state index in [0.29, 0.717) is 44.6 Å². The molecule has 1 amide bonds. The summed E-state index contributed by atoms with van der Waals surface area (Å²) < 4.78 is 80.0. The molecule has 1 atom stereocenters. The maximum Gasteiger partial charge on any atom is 0.416 e. The zero-order valence-corrected chi connectivity index (χ0v) is 19.5. The monoisotopic (exact) mass is 502 g/mol. The van der Waals surface area contributed by atoms with Crippen molar-refractivity contribution in [3.05, 3.63) is 69.8 Å². The van der Waals surface area contributed by atoms with Gasteiger partial charge >= 0.3 is 12.4 Å². The predicted octanol–water partition coefficient (Wildman–Crippen LogP) is 5.09. The second kappa shape index (κ2) is 10.6. The minimum atomic E-state index is -5.03. The molecule has 1 heterocycles. The van der Waals surface area contributed by atoms with Crippen molar-refractivity contribution in [2.45, 2.75) is 45.1 Å². The fourth-order valence-electron chi connectivity index (χ4n) is 4.31. The van der Waals surface area contributed by atoms with Crippen LogP contribution in [0, 0.1) is 13.8 Å². The van der Waals surface area contributed by atoms with Gasteiger partial charge in [0, 0.05) is 44.4 Å². The highest BCUT2D eigenvalue weighted by Crippen LogP contribution is 2.37. The highest BCUT2D eigenvalue weighted by atomic mass is 19.4. The summed E-state index contributed by atoms with van der Waals surface area (Å²) in [6.07, 6.45) is -9.14. The Bertz CT molecular complexity index is 1020.